The lowest BCUT2D eigenvalue weighted by atomic mass is 9.80. The Morgan fingerprint density at radius 1 is 1.50 bits per heavy atom. The van der Waals surface area contributed by atoms with Gasteiger partial charge in [0, 0.05) is 0 Å². The first-order valence-corrected chi connectivity index (χ1v) is 4.00. The zero-order chi connectivity index (χ0) is 9.99. The van der Waals surface area contributed by atoms with Gasteiger partial charge < -0.3 is 15.9 Å². The number of nitrogens with two attached hydrogens (primary N) is 1. The van der Waals surface area contributed by atoms with Crippen molar-refractivity contribution >= 4 is 5.97 Å². The molecule has 0 aromatic rings. The Hall–Kier alpha value is -0.610. The van der Waals surface area contributed by atoms with Crippen LogP contribution in [-0.2, 0) is 4.79 Å². The molecule has 0 rings (SSSR count). The molecular weight excluding hydrogens is 158 g/mol. The standard InChI is InChI=1S/C8H17NO3/c1-4-5-7(2,12)8(3,9)6(10)11/h12H,4-5,9H2,1-3H3,(H,10,11)/t7-,8+/m1/s1. The van der Waals surface area contributed by atoms with Crippen LogP contribution in [0, 0.1) is 0 Å². The van der Waals surface area contributed by atoms with Crippen LogP contribution >= 0.6 is 0 Å². The van der Waals surface area contributed by atoms with E-state index in [4.69, 9.17) is 10.8 Å². The van der Waals surface area contributed by atoms with E-state index in [2.05, 4.69) is 0 Å². The van der Waals surface area contributed by atoms with Crippen molar-refractivity contribution in [1.82, 2.24) is 0 Å². The third-order valence-electron chi connectivity index (χ3n) is 2.30. The van der Waals surface area contributed by atoms with Gasteiger partial charge in [0.05, 0.1) is 5.60 Å². The number of carboxylic acids is 1. The van der Waals surface area contributed by atoms with Crippen molar-refractivity contribution in [3.63, 3.8) is 0 Å². The quantitative estimate of drug-likeness (QED) is 0.575. The minimum absolute atomic E-state index is 0.381. The molecule has 0 unspecified atom stereocenters. The van der Waals surface area contributed by atoms with Crippen LogP contribution in [0.15, 0.2) is 0 Å². The van der Waals surface area contributed by atoms with Gasteiger partial charge in [0.1, 0.15) is 5.54 Å². The molecule has 0 radical (unpaired) electrons. The Morgan fingerprint density at radius 2 is 1.92 bits per heavy atom. The third-order valence-corrected chi connectivity index (χ3v) is 2.30. The maximum Gasteiger partial charge on any atom is 0.326 e. The molecule has 4 heteroatoms. The molecular formula is C8H17NO3. The first-order valence-electron chi connectivity index (χ1n) is 4.00. The molecule has 0 heterocycles. The summed E-state index contributed by atoms with van der Waals surface area (Å²) in [6.07, 6.45) is 1.08. The average Bonchev–Trinajstić information content (AvgIpc) is 1.86. The highest BCUT2D eigenvalue weighted by Gasteiger charge is 2.45. The summed E-state index contributed by atoms with van der Waals surface area (Å²) in [5, 5.41) is 18.4. The third kappa shape index (κ3) is 1.95. The molecule has 0 saturated carbocycles. The molecule has 0 aromatic heterocycles. The Morgan fingerprint density at radius 3 is 2.17 bits per heavy atom. The van der Waals surface area contributed by atoms with Crippen molar-refractivity contribution in [2.45, 2.75) is 44.8 Å². The number of rotatable bonds is 4. The largest absolute Gasteiger partial charge is 0.480 e. The summed E-state index contributed by atoms with van der Waals surface area (Å²) in [7, 11) is 0. The summed E-state index contributed by atoms with van der Waals surface area (Å²) in [5.41, 5.74) is 2.54. The molecule has 2 atom stereocenters. The highest BCUT2D eigenvalue weighted by Crippen LogP contribution is 2.24. The predicted octanol–water partition coefficient (Wildman–Crippen LogP) is 0.339. The minimum Gasteiger partial charge on any atom is -0.480 e. The molecule has 12 heavy (non-hydrogen) atoms. The smallest absolute Gasteiger partial charge is 0.326 e. The summed E-state index contributed by atoms with van der Waals surface area (Å²) in [6, 6.07) is 0. The zero-order valence-electron chi connectivity index (χ0n) is 7.79. The van der Waals surface area contributed by atoms with Crippen LogP contribution in [0.5, 0.6) is 0 Å². The van der Waals surface area contributed by atoms with Crippen LogP contribution in [0.2, 0.25) is 0 Å². The molecule has 0 aliphatic carbocycles. The average molecular weight is 175 g/mol. The number of aliphatic hydroxyl groups is 1. The second-order valence-corrected chi connectivity index (χ2v) is 3.53. The summed E-state index contributed by atoms with van der Waals surface area (Å²) in [5.74, 6) is -1.18. The Bertz CT molecular complexity index is 175. The van der Waals surface area contributed by atoms with Crippen molar-refractivity contribution in [3.05, 3.63) is 0 Å². The van der Waals surface area contributed by atoms with Gasteiger partial charge in [-0.2, -0.15) is 0 Å². The first kappa shape index (κ1) is 11.4. The van der Waals surface area contributed by atoms with Crippen LogP contribution in [-0.4, -0.2) is 27.3 Å². The maximum atomic E-state index is 10.7. The fourth-order valence-electron chi connectivity index (χ4n) is 0.977. The van der Waals surface area contributed by atoms with Gasteiger partial charge in [-0.1, -0.05) is 13.3 Å². The number of carboxylic acid groups (broad SMARTS) is 1. The first-order chi connectivity index (χ1) is 5.25. The van der Waals surface area contributed by atoms with Crippen LogP contribution in [0.4, 0.5) is 0 Å². The lowest BCUT2D eigenvalue weighted by molar-refractivity contribution is -0.153. The minimum atomic E-state index is -1.58. The van der Waals surface area contributed by atoms with Gasteiger partial charge in [-0.05, 0) is 20.3 Å². The van der Waals surface area contributed by atoms with Crippen LogP contribution in [0.3, 0.4) is 0 Å². The summed E-state index contributed by atoms with van der Waals surface area (Å²) < 4.78 is 0. The molecule has 72 valence electrons. The summed E-state index contributed by atoms with van der Waals surface area (Å²) in [6.45, 7) is 4.64. The SMILES string of the molecule is CCC[C@@](C)(O)[C@@](C)(N)C(=O)O. The molecule has 0 fully saturated rings. The van der Waals surface area contributed by atoms with Crippen molar-refractivity contribution < 1.29 is 15.0 Å². The van der Waals surface area contributed by atoms with Gasteiger partial charge in [0.15, 0.2) is 0 Å². The number of hydrogen-bond donors (Lipinski definition) is 3. The van der Waals surface area contributed by atoms with E-state index in [1.807, 2.05) is 6.92 Å². The fourth-order valence-corrected chi connectivity index (χ4v) is 0.977. The molecule has 0 amide bonds. The van der Waals surface area contributed by atoms with E-state index < -0.39 is 17.1 Å². The van der Waals surface area contributed by atoms with Crippen molar-refractivity contribution in [3.8, 4) is 0 Å². The second kappa shape index (κ2) is 3.41. The second-order valence-electron chi connectivity index (χ2n) is 3.53. The van der Waals surface area contributed by atoms with E-state index in [1.165, 1.54) is 13.8 Å². The van der Waals surface area contributed by atoms with Crippen LogP contribution in [0.25, 0.3) is 0 Å². The zero-order valence-corrected chi connectivity index (χ0v) is 7.79. The molecule has 4 nitrogen and oxygen atoms in total. The van der Waals surface area contributed by atoms with Crippen molar-refractivity contribution in [1.29, 1.82) is 0 Å². The molecule has 0 bridgehead atoms. The van der Waals surface area contributed by atoms with Crippen LogP contribution in [0.1, 0.15) is 33.6 Å². The monoisotopic (exact) mass is 175 g/mol. The van der Waals surface area contributed by atoms with E-state index >= 15 is 0 Å². The number of hydrogen-bond acceptors (Lipinski definition) is 3. The Labute approximate surface area is 72.4 Å². The maximum absolute atomic E-state index is 10.7. The highest BCUT2D eigenvalue weighted by molar-refractivity contribution is 5.79. The van der Waals surface area contributed by atoms with E-state index in [0.29, 0.717) is 12.8 Å². The van der Waals surface area contributed by atoms with Crippen LogP contribution < -0.4 is 5.73 Å². The van der Waals surface area contributed by atoms with E-state index in [9.17, 15) is 9.90 Å². The lowest BCUT2D eigenvalue weighted by Gasteiger charge is -2.35. The number of carbonyl (C=O) groups is 1. The molecule has 0 aliphatic rings. The molecule has 0 saturated heterocycles. The Kier molecular flexibility index (Phi) is 3.24. The lowest BCUT2D eigenvalue weighted by Crippen LogP contribution is -2.62. The highest BCUT2D eigenvalue weighted by atomic mass is 16.4. The Balaban J connectivity index is 4.62. The molecule has 0 spiro atoms. The van der Waals surface area contributed by atoms with Gasteiger partial charge in [0.25, 0.3) is 0 Å². The normalized spacial score (nSPS) is 21.1. The van der Waals surface area contributed by atoms with Gasteiger partial charge in [-0.3, -0.25) is 4.79 Å². The van der Waals surface area contributed by atoms with Gasteiger partial charge in [-0.25, -0.2) is 0 Å². The van der Waals surface area contributed by atoms with Gasteiger partial charge >= 0.3 is 5.97 Å². The predicted molar refractivity (Wildman–Crippen MR) is 45.8 cm³/mol. The van der Waals surface area contributed by atoms with Gasteiger partial charge in [0.2, 0.25) is 0 Å². The van der Waals surface area contributed by atoms with Crippen molar-refractivity contribution in [2.24, 2.45) is 5.73 Å². The van der Waals surface area contributed by atoms with E-state index in [1.54, 1.807) is 0 Å². The van der Waals surface area contributed by atoms with Crippen molar-refractivity contribution in [2.75, 3.05) is 0 Å². The molecule has 0 aromatic carbocycles. The molecule has 0 aliphatic heterocycles. The summed E-state index contributed by atoms with van der Waals surface area (Å²) in [4.78, 5) is 10.7. The van der Waals surface area contributed by atoms with E-state index in [0.717, 1.165) is 0 Å². The fraction of sp³-hybridized carbons (Fsp3) is 0.875. The topological polar surface area (TPSA) is 83.5 Å². The number of aliphatic carboxylic acids is 1. The summed E-state index contributed by atoms with van der Waals surface area (Å²) >= 11 is 0. The molecule has 4 N–H and O–H groups in total. The van der Waals surface area contributed by atoms with E-state index in [-0.39, 0.29) is 0 Å². The van der Waals surface area contributed by atoms with Gasteiger partial charge in [-0.15, -0.1) is 0 Å².